The molecule has 1 rings (SSSR count). The molecule has 0 aliphatic carbocycles. The fraction of sp³-hybridized carbons (Fsp3) is 0.133. The number of hydrogen-bond acceptors (Lipinski definition) is 2. The van der Waals surface area contributed by atoms with Gasteiger partial charge in [-0.3, -0.25) is 4.79 Å². The fourth-order valence-electron chi connectivity index (χ4n) is 0.894. The number of carbonyl (C=O) groups excluding carboxylic acids is 1. The number of benzene rings is 1. The van der Waals surface area contributed by atoms with Crippen molar-refractivity contribution in [1.29, 1.82) is 0 Å². The average molecular weight is 229 g/mol. The molecule has 1 aromatic carbocycles. The summed E-state index contributed by atoms with van der Waals surface area (Å²) in [5.74, 6) is 0. The van der Waals surface area contributed by atoms with Gasteiger partial charge in [0.1, 0.15) is 6.29 Å². The summed E-state index contributed by atoms with van der Waals surface area (Å²) in [4.78, 5) is 10.1. The minimum atomic E-state index is 0.563. The van der Waals surface area contributed by atoms with Crippen molar-refractivity contribution >= 4 is 6.29 Å². The maximum absolute atomic E-state index is 10.1. The lowest BCUT2D eigenvalue weighted by atomic mass is 10.2. The second-order valence-corrected chi connectivity index (χ2v) is 3.78. The number of carbonyl (C=O) groups is 1. The van der Waals surface area contributed by atoms with Gasteiger partial charge in [0.2, 0.25) is 0 Å². The van der Waals surface area contributed by atoms with E-state index in [2.05, 4.69) is 13.2 Å². The van der Waals surface area contributed by atoms with Gasteiger partial charge in [0.15, 0.2) is 0 Å². The van der Waals surface area contributed by atoms with Crippen LogP contribution in [0.1, 0.15) is 22.8 Å². The van der Waals surface area contributed by atoms with Gasteiger partial charge in [0, 0.05) is 11.3 Å². The van der Waals surface area contributed by atoms with E-state index < -0.39 is 0 Å². The van der Waals surface area contributed by atoms with Crippen molar-refractivity contribution in [3.63, 3.8) is 0 Å². The molecule has 90 valence electrons. The lowest BCUT2D eigenvalue weighted by Crippen LogP contribution is -1.87. The van der Waals surface area contributed by atoms with E-state index in [-0.39, 0.29) is 0 Å². The molecule has 0 spiro atoms. The van der Waals surface area contributed by atoms with Gasteiger partial charge >= 0.3 is 0 Å². The highest BCUT2D eigenvalue weighted by Gasteiger charge is 1.85. The first-order valence-corrected chi connectivity index (χ1v) is 5.25. The van der Waals surface area contributed by atoms with Crippen LogP contribution in [0, 0.1) is 6.92 Å². The molecule has 1 aromatic rings. The van der Waals surface area contributed by atoms with Gasteiger partial charge in [-0.05, 0) is 19.9 Å². The molecule has 0 saturated heterocycles. The van der Waals surface area contributed by atoms with E-state index in [1.54, 1.807) is 6.08 Å². The summed E-state index contributed by atoms with van der Waals surface area (Å²) >= 11 is 0. The maximum Gasteiger partial charge on any atom is 0.150 e. The topological polar surface area (TPSA) is 43.1 Å². The van der Waals surface area contributed by atoms with Crippen LogP contribution >= 0.6 is 0 Å². The molecule has 0 atom stereocenters. The van der Waals surface area contributed by atoms with Gasteiger partial charge in [-0.2, -0.15) is 0 Å². The van der Waals surface area contributed by atoms with Gasteiger partial charge in [0.05, 0.1) is 0 Å². The van der Waals surface area contributed by atoms with E-state index in [1.807, 2.05) is 44.2 Å². The monoisotopic (exact) mass is 229 g/mol. The van der Waals surface area contributed by atoms with Crippen LogP contribution in [0.2, 0.25) is 0 Å². The molecule has 0 bridgehead atoms. The van der Waals surface area contributed by atoms with Crippen LogP contribution in [0.5, 0.6) is 0 Å². The molecule has 0 amide bonds. The Bertz CT molecular complexity index is 397. The molecule has 2 N–H and O–H groups in total. The zero-order chi connectivity index (χ0) is 13.3. The minimum absolute atomic E-state index is 0.563. The Balaban J connectivity index is 0.000000304. The Kier molecular flexibility index (Phi) is 7.11. The first-order valence-electron chi connectivity index (χ1n) is 5.25. The number of rotatable bonds is 3. The molecule has 0 aliphatic rings. The van der Waals surface area contributed by atoms with E-state index in [4.69, 9.17) is 5.73 Å². The largest absolute Gasteiger partial charge is 0.399 e. The maximum atomic E-state index is 10.1. The molecule has 0 radical (unpaired) electrons. The van der Waals surface area contributed by atoms with Crippen LogP contribution in [0.15, 0.2) is 60.8 Å². The molecule has 0 heterocycles. The predicted molar refractivity (Wildman–Crippen MR) is 73.8 cm³/mol. The fourth-order valence-corrected chi connectivity index (χ4v) is 0.894. The zero-order valence-corrected chi connectivity index (χ0v) is 10.4. The number of aryl methyl sites for hydroxylation is 1. The number of hydrogen-bond donors (Lipinski definition) is 1. The second kappa shape index (κ2) is 8.11. The molecule has 0 fully saturated rings. The van der Waals surface area contributed by atoms with Crippen molar-refractivity contribution < 1.29 is 4.79 Å². The molecule has 17 heavy (non-hydrogen) atoms. The van der Waals surface area contributed by atoms with Crippen molar-refractivity contribution in [3.05, 3.63) is 72.0 Å². The SMILES string of the molecule is C=C(C)/C=C\C(=C)N.Cc1ccc(C=O)cc1. The predicted octanol–water partition coefficient (Wildman–Crippen LogP) is 3.40. The molecular formula is C15H19NO. The lowest BCUT2D eigenvalue weighted by Gasteiger charge is -1.89. The first kappa shape index (κ1) is 14.9. The van der Waals surface area contributed by atoms with E-state index >= 15 is 0 Å². The summed E-state index contributed by atoms with van der Waals surface area (Å²) in [7, 11) is 0. The molecule has 0 aliphatic heterocycles. The van der Waals surface area contributed by atoms with E-state index in [0.717, 1.165) is 17.4 Å². The third kappa shape index (κ3) is 8.88. The van der Waals surface area contributed by atoms with E-state index in [9.17, 15) is 4.79 Å². The van der Waals surface area contributed by atoms with Gasteiger partial charge in [0.25, 0.3) is 0 Å². The average Bonchev–Trinajstić information content (AvgIpc) is 2.28. The molecule has 2 nitrogen and oxygen atoms in total. The lowest BCUT2D eigenvalue weighted by molar-refractivity contribution is 0.112. The van der Waals surface area contributed by atoms with Gasteiger partial charge in [-0.1, -0.05) is 54.6 Å². The summed E-state index contributed by atoms with van der Waals surface area (Å²) in [5, 5.41) is 0. The normalized spacial score (nSPS) is 9.29. The summed E-state index contributed by atoms with van der Waals surface area (Å²) in [5.41, 5.74) is 8.68. The Morgan fingerprint density at radius 3 is 2.00 bits per heavy atom. The van der Waals surface area contributed by atoms with Gasteiger partial charge < -0.3 is 5.73 Å². The van der Waals surface area contributed by atoms with E-state index in [1.165, 1.54) is 5.56 Å². The van der Waals surface area contributed by atoms with Crippen LogP contribution in [0.25, 0.3) is 0 Å². The molecule has 2 heteroatoms. The van der Waals surface area contributed by atoms with Crippen LogP contribution in [-0.4, -0.2) is 6.29 Å². The van der Waals surface area contributed by atoms with Crippen molar-refractivity contribution in [3.8, 4) is 0 Å². The van der Waals surface area contributed by atoms with Crippen molar-refractivity contribution in [2.75, 3.05) is 0 Å². The van der Waals surface area contributed by atoms with Crippen LogP contribution in [0.3, 0.4) is 0 Å². The van der Waals surface area contributed by atoms with Crippen LogP contribution in [-0.2, 0) is 0 Å². The highest BCUT2D eigenvalue weighted by Crippen LogP contribution is 1.98. The van der Waals surface area contributed by atoms with Gasteiger partial charge in [-0.25, -0.2) is 0 Å². The zero-order valence-electron chi connectivity index (χ0n) is 10.4. The Hall–Kier alpha value is -2.09. The Labute approximate surface area is 103 Å². The molecule has 0 aromatic heterocycles. The molecule has 0 unspecified atom stereocenters. The Morgan fingerprint density at radius 2 is 1.71 bits per heavy atom. The quantitative estimate of drug-likeness (QED) is 0.637. The molecule has 0 saturated carbocycles. The Morgan fingerprint density at radius 1 is 1.18 bits per heavy atom. The van der Waals surface area contributed by atoms with Crippen LogP contribution < -0.4 is 5.73 Å². The molecular weight excluding hydrogens is 210 g/mol. The third-order valence-corrected chi connectivity index (χ3v) is 1.80. The second-order valence-electron chi connectivity index (χ2n) is 3.78. The number of aldehydes is 1. The standard InChI is InChI=1S/C8H8O.C7H11N/c1-7-2-4-8(6-9)5-3-7;1-6(2)4-5-7(3)8/h2-6H,1H3;4-5H,1,3,8H2,2H3/b;5-4-. The number of allylic oxidation sites excluding steroid dienone is 3. The van der Waals surface area contributed by atoms with Gasteiger partial charge in [-0.15, -0.1) is 0 Å². The van der Waals surface area contributed by atoms with Crippen molar-refractivity contribution in [2.24, 2.45) is 5.73 Å². The highest BCUT2D eigenvalue weighted by atomic mass is 16.1. The minimum Gasteiger partial charge on any atom is -0.399 e. The summed E-state index contributed by atoms with van der Waals surface area (Å²) < 4.78 is 0. The van der Waals surface area contributed by atoms with Crippen molar-refractivity contribution in [2.45, 2.75) is 13.8 Å². The first-order chi connectivity index (χ1) is 7.95. The summed E-state index contributed by atoms with van der Waals surface area (Å²) in [6, 6.07) is 7.46. The number of nitrogens with two attached hydrogens (primary N) is 1. The van der Waals surface area contributed by atoms with E-state index in [0.29, 0.717) is 5.70 Å². The van der Waals surface area contributed by atoms with Crippen molar-refractivity contribution in [1.82, 2.24) is 0 Å². The summed E-state index contributed by atoms with van der Waals surface area (Å²) in [6.45, 7) is 11.0. The van der Waals surface area contributed by atoms with Crippen LogP contribution in [0.4, 0.5) is 0 Å². The summed E-state index contributed by atoms with van der Waals surface area (Å²) in [6.07, 6.45) is 4.39. The smallest absolute Gasteiger partial charge is 0.150 e. The third-order valence-electron chi connectivity index (χ3n) is 1.80. The highest BCUT2D eigenvalue weighted by molar-refractivity contribution is 5.74.